The summed E-state index contributed by atoms with van der Waals surface area (Å²) in [5.41, 5.74) is 2.23. The summed E-state index contributed by atoms with van der Waals surface area (Å²) in [6, 6.07) is 10.2. The molecule has 0 spiro atoms. The molecular weight excluding hydrogens is 435 g/mol. The Morgan fingerprint density at radius 3 is 2.13 bits per heavy atom. The molecule has 0 radical (unpaired) electrons. The van der Waals surface area contributed by atoms with Gasteiger partial charge in [-0.1, -0.05) is 35.3 Å². The molecule has 1 atom stereocenters. The topological polar surface area (TPSA) is 58.6 Å². The molecule has 0 bridgehead atoms. The van der Waals surface area contributed by atoms with E-state index in [1.54, 1.807) is 25.1 Å². The molecule has 0 saturated carbocycles. The number of hydrogen-bond acceptors (Lipinski definition) is 3. The summed E-state index contributed by atoms with van der Waals surface area (Å²) in [5, 5.41) is 3.79. The number of benzene rings is 2. The molecule has 0 unspecified atom stereocenters. The summed E-state index contributed by atoms with van der Waals surface area (Å²) in [7, 11) is 0. The van der Waals surface area contributed by atoms with Gasteiger partial charge in [-0.05, 0) is 76.9 Å². The second-order valence-corrected chi connectivity index (χ2v) is 9.56. The number of aryl methyl sites for hydroxylation is 2. The van der Waals surface area contributed by atoms with Gasteiger partial charge in [-0.3, -0.25) is 9.59 Å². The third-order valence-electron chi connectivity index (χ3n) is 4.61. The van der Waals surface area contributed by atoms with Gasteiger partial charge < -0.3 is 15.0 Å². The van der Waals surface area contributed by atoms with Gasteiger partial charge >= 0.3 is 0 Å². The van der Waals surface area contributed by atoms with Crippen LogP contribution in [0.5, 0.6) is 5.75 Å². The molecule has 0 aromatic heterocycles. The minimum absolute atomic E-state index is 0.0896. The molecule has 2 rings (SSSR count). The highest BCUT2D eigenvalue weighted by molar-refractivity contribution is 6.36. The number of rotatable bonds is 7. The number of nitrogens with one attached hydrogen (secondary N) is 1. The first-order valence-corrected chi connectivity index (χ1v) is 10.9. The second-order valence-electron chi connectivity index (χ2n) is 8.75. The molecule has 0 heterocycles. The lowest BCUT2D eigenvalue weighted by Gasteiger charge is -2.31. The lowest BCUT2D eigenvalue weighted by molar-refractivity contribution is -0.142. The average molecular weight is 465 g/mol. The molecule has 0 fully saturated rings. The van der Waals surface area contributed by atoms with Crippen LogP contribution in [0.3, 0.4) is 0 Å². The summed E-state index contributed by atoms with van der Waals surface area (Å²) < 4.78 is 5.75. The summed E-state index contributed by atoms with van der Waals surface area (Å²) in [6.07, 6.45) is 0. The second kappa shape index (κ2) is 10.4. The highest BCUT2D eigenvalue weighted by Crippen LogP contribution is 2.27. The van der Waals surface area contributed by atoms with E-state index in [9.17, 15) is 9.59 Å². The van der Waals surface area contributed by atoms with Crippen molar-refractivity contribution in [2.45, 2.75) is 59.7 Å². The Kier molecular flexibility index (Phi) is 8.38. The Morgan fingerprint density at radius 2 is 1.61 bits per heavy atom. The van der Waals surface area contributed by atoms with Gasteiger partial charge in [0.2, 0.25) is 5.91 Å². The standard InChI is InChI=1S/C24H30Cl2N2O3/c1-15-10-16(2)12-18(11-15)31-14-22(29)28(17(3)23(30)27-24(4,5)6)13-19-20(25)8-7-9-21(19)26/h7-12,17H,13-14H2,1-6H3,(H,27,30)/t17-/m1/s1. The van der Waals surface area contributed by atoms with Crippen molar-refractivity contribution in [3.63, 3.8) is 0 Å². The lowest BCUT2D eigenvalue weighted by Crippen LogP contribution is -2.53. The fraction of sp³-hybridized carbons (Fsp3) is 0.417. The van der Waals surface area contributed by atoms with E-state index in [-0.39, 0.29) is 25.0 Å². The molecule has 2 aromatic rings. The molecule has 1 N–H and O–H groups in total. The van der Waals surface area contributed by atoms with Crippen molar-refractivity contribution in [3.8, 4) is 5.75 Å². The maximum Gasteiger partial charge on any atom is 0.261 e. The Labute approximate surface area is 194 Å². The average Bonchev–Trinajstić information content (AvgIpc) is 2.63. The highest BCUT2D eigenvalue weighted by Gasteiger charge is 2.29. The quantitative estimate of drug-likeness (QED) is 0.602. The summed E-state index contributed by atoms with van der Waals surface area (Å²) in [6.45, 7) is 11.1. The predicted molar refractivity (Wildman–Crippen MR) is 126 cm³/mol. The fourth-order valence-electron chi connectivity index (χ4n) is 3.15. The molecule has 2 amide bonds. The van der Waals surface area contributed by atoms with Gasteiger partial charge in [0, 0.05) is 27.7 Å². The van der Waals surface area contributed by atoms with Crippen LogP contribution in [0.15, 0.2) is 36.4 Å². The molecular formula is C24H30Cl2N2O3. The molecule has 168 valence electrons. The van der Waals surface area contributed by atoms with E-state index >= 15 is 0 Å². The van der Waals surface area contributed by atoms with E-state index in [1.807, 2.05) is 52.8 Å². The molecule has 0 aliphatic rings. The van der Waals surface area contributed by atoms with Crippen molar-refractivity contribution in [2.24, 2.45) is 0 Å². The van der Waals surface area contributed by atoms with E-state index in [4.69, 9.17) is 27.9 Å². The maximum absolute atomic E-state index is 13.2. The first-order valence-electron chi connectivity index (χ1n) is 10.1. The van der Waals surface area contributed by atoms with E-state index in [1.165, 1.54) is 4.90 Å². The van der Waals surface area contributed by atoms with Crippen molar-refractivity contribution < 1.29 is 14.3 Å². The van der Waals surface area contributed by atoms with Crippen LogP contribution >= 0.6 is 23.2 Å². The number of carbonyl (C=O) groups excluding carboxylic acids is 2. The van der Waals surface area contributed by atoms with Crippen LogP contribution in [0.25, 0.3) is 0 Å². The molecule has 0 saturated heterocycles. The molecule has 5 nitrogen and oxygen atoms in total. The van der Waals surface area contributed by atoms with Crippen LogP contribution in [0.2, 0.25) is 10.0 Å². The highest BCUT2D eigenvalue weighted by atomic mass is 35.5. The van der Waals surface area contributed by atoms with Gasteiger partial charge in [0.25, 0.3) is 5.91 Å². The number of ether oxygens (including phenoxy) is 1. The molecule has 0 aliphatic carbocycles. The molecule has 7 heteroatoms. The van der Waals surface area contributed by atoms with Gasteiger partial charge in [-0.15, -0.1) is 0 Å². The normalized spacial score (nSPS) is 12.3. The monoisotopic (exact) mass is 464 g/mol. The van der Waals surface area contributed by atoms with Crippen molar-refractivity contribution in [1.29, 1.82) is 0 Å². The number of hydrogen-bond donors (Lipinski definition) is 1. The van der Waals surface area contributed by atoms with E-state index in [0.29, 0.717) is 21.4 Å². The first kappa shape index (κ1) is 25.0. The van der Waals surface area contributed by atoms with Crippen LogP contribution in [0.1, 0.15) is 44.4 Å². The van der Waals surface area contributed by atoms with Gasteiger partial charge in [0.1, 0.15) is 11.8 Å². The Morgan fingerprint density at radius 1 is 1.06 bits per heavy atom. The summed E-state index contributed by atoms with van der Waals surface area (Å²) in [4.78, 5) is 27.4. The summed E-state index contributed by atoms with van der Waals surface area (Å²) >= 11 is 12.6. The SMILES string of the molecule is Cc1cc(C)cc(OCC(=O)N(Cc2c(Cl)cccc2Cl)[C@H](C)C(=O)NC(C)(C)C)c1. The van der Waals surface area contributed by atoms with Crippen LogP contribution in [0, 0.1) is 13.8 Å². The number of nitrogens with zero attached hydrogens (tertiary/aromatic N) is 1. The largest absolute Gasteiger partial charge is 0.484 e. The van der Waals surface area contributed by atoms with Crippen LogP contribution in [-0.2, 0) is 16.1 Å². The van der Waals surface area contributed by atoms with Gasteiger partial charge in [0.15, 0.2) is 6.61 Å². The number of halogens is 2. The zero-order valence-corrected chi connectivity index (χ0v) is 20.4. The first-order chi connectivity index (χ1) is 14.4. The van der Waals surface area contributed by atoms with Crippen LogP contribution in [-0.4, -0.2) is 34.9 Å². The Balaban J connectivity index is 2.27. The number of amides is 2. The van der Waals surface area contributed by atoms with Gasteiger partial charge in [-0.2, -0.15) is 0 Å². The van der Waals surface area contributed by atoms with Gasteiger partial charge in [-0.25, -0.2) is 0 Å². The third kappa shape index (κ3) is 7.44. The van der Waals surface area contributed by atoms with Crippen LogP contribution in [0.4, 0.5) is 0 Å². The van der Waals surface area contributed by atoms with Gasteiger partial charge in [0.05, 0.1) is 0 Å². The zero-order valence-electron chi connectivity index (χ0n) is 18.9. The van der Waals surface area contributed by atoms with E-state index < -0.39 is 11.6 Å². The Hall–Kier alpha value is -2.24. The molecule has 2 aromatic carbocycles. The van der Waals surface area contributed by atoms with Crippen molar-refractivity contribution in [2.75, 3.05) is 6.61 Å². The third-order valence-corrected chi connectivity index (χ3v) is 5.32. The maximum atomic E-state index is 13.2. The van der Waals surface area contributed by atoms with Crippen molar-refractivity contribution in [3.05, 3.63) is 63.1 Å². The molecule has 0 aliphatic heterocycles. The Bertz CT molecular complexity index is 914. The smallest absolute Gasteiger partial charge is 0.261 e. The fourth-order valence-corrected chi connectivity index (χ4v) is 3.67. The summed E-state index contributed by atoms with van der Waals surface area (Å²) in [5.74, 6) is -0.00416. The predicted octanol–water partition coefficient (Wildman–Crippen LogP) is 5.32. The minimum atomic E-state index is -0.748. The number of carbonyl (C=O) groups is 2. The van der Waals surface area contributed by atoms with Crippen LogP contribution < -0.4 is 10.1 Å². The van der Waals surface area contributed by atoms with Crippen molar-refractivity contribution in [1.82, 2.24) is 10.2 Å². The van der Waals surface area contributed by atoms with E-state index in [0.717, 1.165) is 11.1 Å². The van der Waals surface area contributed by atoms with E-state index in [2.05, 4.69) is 5.32 Å². The lowest BCUT2D eigenvalue weighted by atomic mass is 10.1. The minimum Gasteiger partial charge on any atom is -0.484 e. The molecule has 31 heavy (non-hydrogen) atoms. The van der Waals surface area contributed by atoms with Crippen molar-refractivity contribution >= 4 is 35.0 Å². The zero-order chi connectivity index (χ0) is 23.3.